The maximum atomic E-state index is 12.1. The molecule has 1 aromatic carbocycles. The second-order valence-corrected chi connectivity index (χ2v) is 8.13. The van der Waals surface area contributed by atoms with Gasteiger partial charge in [0.1, 0.15) is 0 Å². The zero-order valence-corrected chi connectivity index (χ0v) is 14.8. The fraction of sp³-hybridized carbons (Fsp3) is 0.438. The quantitative estimate of drug-likeness (QED) is 0.756. The molecule has 1 aliphatic rings. The van der Waals surface area contributed by atoms with Crippen molar-refractivity contribution in [2.45, 2.75) is 19.4 Å². The Bertz CT molecular complexity index is 790. The third-order valence-electron chi connectivity index (χ3n) is 3.89. The Morgan fingerprint density at radius 2 is 2.04 bits per heavy atom. The van der Waals surface area contributed by atoms with E-state index in [9.17, 15) is 22.8 Å². The highest BCUT2D eigenvalue weighted by atomic mass is 32.2. The van der Waals surface area contributed by atoms with E-state index < -0.39 is 28.3 Å². The van der Waals surface area contributed by atoms with Crippen LogP contribution in [0.4, 0.5) is 5.69 Å². The van der Waals surface area contributed by atoms with Crippen molar-refractivity contribution in [1.29, 1.82) is 0 Å². The molecule has 0 unspecified atom stereocenters. The van der Waals surface area contributed by atoms with Gasteiger partial charge in [0.15, 0.2) is 16.4 Å². The van der Waals surface area contributed by atoms with Gasteiger partial charge in [0, 0.05) is 25.7 Å². The van der Waals surface area contributed by atoms with Gasteiger partial charge in [-0.1, -0.05) is 6.07 Å². The standard InChI is InChI=1S/C16H20N2O6S/c1-11(19)17-13-5-3-4-12(8-13)16(21)24-9-15(20)18(2)14-6-7-25(22,23)10-14/h3-5,8,14H,6-7,9-10H2,1-2H3,(H,17,19)/t14-/m0/s1. The maximum absolute atomic E-state index is 12.1. The molecule has 0 radical (unpaired) electrons. The Hall–Kier alpha value is -2.42. The monoisotopic (exact) mass is 368 g/mol. The number of anilines is 1. The van der Waals surface area contributed by atoms with Gasteiger partial charge < -0.3 is 15.0 Å². The minimum atomic E-state index is -3.10. The first kappa shape index (κ1) is 18.9. The van der Waals surface area contributed by atoms with E-state index in [1.807, 2.05) is 0 Å². The van der Waals surface area contributed by atoms with Crippen LogP contribution in [0.3, 0.4) is 0 Å². The summed E-state index contributed by atoms with van der Waals surface area (Å²) in [6.45, 7) is 0.874. The zero-order chi connectivity index (χ0) is 18.6. The Labute approximate surface area is 146 Å². The van der Waals surface area contributed by atoms with Crippen LogP contribution in [0.15, 0.2) is 24.3 Å². The molecular weight excluding hydrogens is 348 g/mol. The predicted molar refractivity (Wildman–Crippen MR) is 90.9 cm³/mol. The van der Waals surface area contributed by atoms with E-state index in [1.54, 1.807) is 12.1 Å². The average molecular weight is 368 g/mol. The van der Waals surface area contributed by atoms with Gasteiger partial charge in [-0.15, -0.1) is 0 Å². The molecule has 2 rings (SSSR count). The van der Waals surface area contributed by atoms with Crippen LogP contribution in [0.5, 0.6) is 0 Å². The summed E-state index contributed by atoms with van der Waals surface area (Å²) >= 11 is 0. The van der Waals surface area contributed by atoms with Crippen LogP contribution in [0.2, 0.25) is 0 Å². The third-order valence-corrected chi connectivity index (χ3v) is 5.65. The second-order valence-electron chi connectivity index (χ2n) is 5.90. The van der Waals surface area contributed by atoms with Crippen LogP contribution in [-0.2, 0) is 24.2 Å². The lowest BCUT2D eigenvalue weighted by Gasteiger charge is -2.23. The van der Waals surface area contributed by atoms with Gasteiger partial charge >= 0.3 is 5.97 Å². The van der Waals surface area contributed by atoms with E-state index in [0.29, 0.717) is 12.1 Å². The number of benzene rings is 1. The number of amides is 2. The summed E-state index contributed by atoms with van der Waals surface area (Å²) < 4.78 is 27.9. The topological polar surface area (TPSA) is 110 Å². The Morgan fingerprint density at radius 3 is 2.64 bits per heavy atom. The molecule has 0 spiro atoms. The minimum absolute atomic E-state index is 0.0605. The van der Waals surface area contributed by atoms with E-state index in [-0.39, 0.29) is 29.0 Å². The summed E-state index contributed by atoms with van der Waals surface area (Å²) in [5, 5.41) is 2.55. The number of rotatable bonds is 5. The summed E-state index contributed by atoms with van der Waals surface area (Å²) in [6.07, 6.45) is 0.386. The largest absolute Gasteiger partial charge is 0.452 e. The van der Waals surface area contributed by atoms with Crippen molar-refractivity contribution in [1.82, 2.24) is 4.90 Å². The fourth-order valence-corrected chi connectivity index (χ4v) is 4.30. The first-order valence-corrected chi connectivity index (χ1v) is 9.51. The summed E-state index contributed by atoms with van der Waals surface area (Å²) in [5.74, 6) is -1.44. The van der Waals surface area contributed by atoms with Gasteiger partial charge in [0.25, 0.3) is 5.91 Å². The molecule has 0 bridgehead atoms. The smallest absolute Gasteiger partial charge is 0.338 e. The van der Waals surface area contributed by atoms with Crippen molar-refractivity contribution in [3.05, 3.63) is 29.8 Å². The zero-order valence-electron chi connectivity index (χ0n) is 14.0. The molecule has 1 aliphatic heterocycles. The first-order valence-electron chi connectivity index (χ1n) is 7.69. The van der Waals surface area contributed by atoms with Crippen molar-refractivity contribution in [2.75, 3.05) is 30.5 Å². The highest BCUT2D eigenvalue weighted by Gasteiger charge is 2.32. The average Bonchev–Trinajstić information content (AvgIpc) is 2.91. The van der Waals surface area contributed by atoms with Crippen molar-refractivity contribution in [3.8, 4) is 0 Å². The number of carbonyl (C=O) groups excluding carboxylic acids is 3. The Balaban J connectivity index is 1.91. The summed E-state index contributed by atoms with van der Waals surface area (Å²) in [4.78, 5) is 36.5. The van der Waals surface area contributed by atoms with Crippen LogP contribution in [-0.4, -0.2) is 62.3 Å². The highest BCUT2D eigenvalue weighted by Crippen LogP contribution is 2.17. The number of nitrogens with zero attached hydrogens (tertiary/aromatic N) is 1. The summed E-state index contributed by atoms with van der Waals surface area (Å²) in [7, 11) is -1.60. The third kappa shape index (κ3) is 5.28. The molecule has 1 fully saturated rings. The maximum Gasteiger partial charge on any atom is 0.338 e. The second kappa shape index (κ2) is 7.64. The predicted octanol–water partition coefficient (Wildman–Crippen LogP) is 0.447. The SMILES string of the molecule is CC(=O)Nc1cccc(C(=O)OCC(=O)N(C)[C@H]2CCS(=O)(=O)C2)c1. The lowest BCUT2D eigenvalue weighted by Crippen LogP contribution is -2.40. The molecule has 136 valence electrons. The normalized spacial score (nSPS) is 18.4. The molecule has 1 atom stereocenters. The number of carbonyl (C=O) groups is 3. The van der Waals surface area contributed by atoms with Gasteiger partial charge in [-0.25, -0.2) is 13.2 Å². The molecule has 1 N–H and O–H groups in total. The van der Waals surface area contributed by atoms with Crippen LogP contribution in [0, 0.1) is 0 Å². The van der Waals surface area contributed by atoms with E-state index in [1.165, 1.54) is 31.0 Å². The van der Waals surface area contributed by atoms with Crippen LogP contribution < -0.4 is 5.32 Å². The molecule has 25 heavy (non-hydrogen) atoms. The Morgan fingerprint density at radius 1 is 1.32 bits per heavy atom. The molecule has 8 nitrogen and oxygen atoms in total. The molecule has 9 heteroatoms. The summed E-state index contributed by atoms with van der Waals surface area (Å²) in [6, 6.07) is 5.77. The van der Waals surface area contributed by atoms with Gasteiger partial charge in [0.2, 0.25) is 5.91 Å². The molecule has 2 amide bonds. The number of likely N-dealkylation sites (N-methyl/N-ethyl adjacent to an activating group) is 1. The molecule has 1 heterocycles. The van der Waals surface area contributed by atoms with E-state index in [0.717, 1.165) is 0 Å². The molecule has 1 aromatic rings. The fourth-order valence-electron chi connectivity index (χ4n) is 2.52. The minimum Gasteiger partial charge on any atom is -0.452 e. The molecule has 0 aromatic heterocycles. The van der Waals surface area contributed by atoms with Crippen LogP contribution >= 0.6 is 0 Å². The van der Waals surface area contributed by atoms with Crippen molar-refractivity contribution >= 4 is 33.3 Å². The van der Waals surface area contributed by atoms with Gasteiger partial charge in [-0.2, -0.15) is 0 Å². The van der Waals surface area contributed by atoms with Gasteiger partial charge in [-0.3, -0.25) is 9.59 Å². The Kier molecular flexibility index (Phi) is 5.78. The van der Waals surface area contributed by atoms with E-state index in [4.69, 9.17) is 4.74 Å². The number of hydrogen-bond donors (Lipinski definition) is 1. The summed E-state index contributed by atoms with van der Waals surface area (Å²) in [5.41, 5.74) is 0.645. The number of esters is 1. The lowest BCUT2D eigenvalue weighted by atomic mass is 10.2. The number of hydrogen-bond acceptors (Lipinski definition) is 6. The van der Waals surface area contributed by atoms with Crippen LogP contribution in [0.1, 0.15) is 23.7 Å². The van der Waals surface area contributed by atoms with E-state index in [2.05, 4.69) is 5.32 Å². The van der Waals surface area contributed by atoms with Crippen molar-refractivity contribution in [2.24, 2.45) is 0 Å². The van der Waals surface area contributed by atoms with Crippen molar-refractivity contribution in [3.63, 3.8) is 0 Å². The van der Waals surface area contributed by atoms with E-state index >= 15 is 0 Å². The number of sulfone groups is 1. The van der Waals surface area contributed by atoms with Crippen molar-refractivity contribution < 1.29 is 27.5 Å². The van der Waals surface area contributed by atoms with Crippen LogP contribution in [0.25, 0.3) is 0 Å². The highest BCUT2D eigenvalue weighted by molar-refractivity contribution is 7.91. The van der Waals surface area contributed by atoms with Gasteiger partial charge in [-0.05, 0) is 24.6 Å². The first-order chi connectivity index (χ1) is 11.7. The molecule has 0 saturated carbocycles. The number of nitrogens with one attached hydrogen (secondary N) is 1. The number of ether oxygens (including phenoxy) is 1. The van der Waals surface area contributed by atoms with Gasteiger partial charge in [0.05, 0.1) is 17.1 Å². The molecule has 1 saturated heterocycles. The lowest BCUT2D eigenvalue weighted by molar-refractivity contribution is -0.134. The molecular formula is C16H20N2O6S. The molecule has 0 aliphatic carbocycles.